The molecule has 0 saturated heterocycles. The van der Waals surface area contributed by atoms with E-state index in [2.05, 4.69) is 30.4 Å². The van der Waals surface area contributed by atoms with Gasteiger partial charge in [-0.1, -0.05) is 54.1 Å². The normalized spacial score (nSPS) is 18.4. The van der Waals surface area contributed by atoms with Crippen molar-refractivity contribution in [3.63, 3.8) is 0 Å². The van der Waals surface area contributed by atoms with Crippen LogP contribution in [0.1, 0.15) is 43.9 Å². The van der Waals surface area contributed by atoms with E-state index in [0.29, 0.717) is 12.1 Å². The van der Waals surface area contributed by atoms with Gasteiger partial charge in [0.25, 0.3) is 5.91 Å². The number of hydrogen-bond acceptors (Lipinski definition) is 3. The van der Waals surface area contributed by atoms with Gasteiger partial charge in [-0.15, -0.1) is 11.3 Å². The number of nitrogens with one attached hydrogen (secondary N) is 1. The molecule has 0 aliphatic carbocycles. The molecule has 1 N–H and O–H groups in total. The van der Waals surface area contributed by atoms with E-state index in [4.69, 9.17) is 0 Å². The van der Waals surface area contributed by atoms with Crippen molar-refractivity contribution in [3.05, 3.63) is 93.2 Å². The molecule has 1 aliphatic rings. The molecule has 0 unspecified atom stereocenters. The van der Waals surface area contributed by atoms with Crippen LogP contribution < -0.4 is 5.32 Å². The third-order valence-corrected chi connectivity index (χ3v) is 6.44. The van der Waals surface area contributed by atoms with Crippen LogP contribution in [0.5, 0.6) is 0 Å². The van der Waals surface area contributed by atoms with Crippen LogP contribution in [0.15, 0.2) is 66.0 Å². The molecule has 2 aromatic carbocycles. The van der Waals surface area contributed by atoms with E-state index in [1.807, 2.05) is 47.8 Å². The Morgan fingerprint density at radius 2 is 1.93 bits per heavy atom. The topological polar surface area (TPSA) is 49.4 Å². The van der Waals surface area contributed by atoms with Crippen LogP contribution in [0.25, 0.3) is 0 Å². The van der Waals surface area contributed by atoms with Gasteiger partial charge in [0.2, 0.25) is 5.91 Å². The number of nitrogens with zero attached hydrogens (tertiary/aromatic N) is 1. The van der Waals surface area contributed by atoms with Gasteiger partial charge in [0.15, 0.2) is 0 Å². The second kappa shape index (κ2) is 8.21. The molecule has 2 atom stereocenters. The van der Waals surface area contributed by atoms with Crippen molar-refractivity contribution in [1.82, 2.24) is 10.2 Å². The van der Waals surface area contributed by atoms with Gasteiger partial charge in [0.1, 0.15) is 0 Å². The number of amides is 2. The second-order valence-corrected chi connectivity index (χ2v) is 8.45. The van der Waals surface area contributed by atoms with Gasteiger partial charge in [0.05, 0.1) is 12.0 Å². The maximum Gasteiger partial charge on any atom is 0.254 e. The Bertz CT molecular complexity index is 1030. The number of fused-ring (bicyclic) bond motifs is 1. The number of aryl methyl sites for hydroxylation is 1. The number of thiophene rings is 1. The smallest absolute Gasteiger partial charge is 0.254 e. The fourth-order valence-electron chi connectivity index (χ4n) is 4.08. The van der Waals surface area contributed by atoms with Crippen LogP contribution >= 0.6 is 11.3 Å². The molecule has 3 aromatic rings. The van der Waals surface area contributed by atoms with Crippen LogP contribution in [0.4, 0.5) is 0 Å². The average molecular weight is 405 g/mol. The molecule has 0 bridgehead atoms. The Labute approximate surface area is 175 Å². The summed E-state index contributed by atoms with van der Waals surface area (Å²) in [4.78, 5) is 29.0. The van der Waals surface area contributed by atoms with Crippen LogP contribution in [0.3, 0.4) is 0 Å². The lowest BCUT2D eigenvalue weighted by Crippen LogP contribution is -2.45. The summed E-state index contributed by atoms with van der Waals surface area (Å²) in [6.07, 6.45) is 0.778. The van der Waals surface area contributed by atoms with Crippen LogP contribution in [-0.4, -0.2) is 30.3 Å². The first-order valence-corrected chi connectivity index (χ1v) is 10.7. The van der Waals surface area contributed by atoms with Gasteiger partial charge in [-0.25, -0.2) is 0 Å². The van der Waals surface area contributed by atoms with Gasteiger partial charge in [0, 0.05) is 24.0 Å². The molecule has 4 nitrogen and oxygen atoms in total. The van der Waals surface area contributed by atoms with Crippen molar-refractivity contribution >= 4 is 23.2 Å². The van der Waals surface area contributed by atoms with Crippen molar-refractivity contribution < 1.29 is 9.59 Å². The summed E-state index contributed by atoms with van der Waals surface area (Å²) in [5.41, 5.74) is 3.84. The molecule has 0 spiro atoms. The highest BCUT2D eigenvalue weighted by Gasteiger charge is 2.42. The van der Waals surface area contributed by atoms with E-state index in [9.17, 15) is 9.59 Å². The van der Waals surface area contributed by atoms with E-state index in [1.54, 1.807) is 23.3 Å². The highest BCUT2D eigenvalue weighted by molar-refractivity contribution is 7.10. The SMILES string of the molecule is Cc1cccc(CCNC(=O)[C@@H]2c3ccccc3C(=O)N(C)[C@H]2c2cccs2)c1. The number of rotatable bonds is 5. The molecule has 148 valence electrons. The molecule has 0 saturated carbocycles. The van der Waals surface area contributed by atoms with Gasteiger partial charge >= 0.3 is 0 Å². The van der Waals surface area contributed by atoms with Crippen molar-refractivity contribution in [3.8, 4) is 0 Å². The molecule has 4 rings (SSSR count). The van der Waals surface area contributed by atoms with E-state index >= 15 is 0 Å². The number of hydrogen-bond donors (Lipinski definition) is 1. The molecule has 1 aromatic heterocycles. The predicted molar refractivity (Wildman–Crippen MR) is 116 cm³/mol. The largest absolute Gasteiger partial charge is 0.355 e. The molecule has 0 fully saturated rings. The van der Waals surface area contributed by atoms with Gasteiger partial charge in [-0.2, -0.15) is 0 Å². The highest BCUT2D eigenvalue weighted by atomic mass is 32.1. The zero-order chi connectivity index (χ0) is 20.4. The van der Waals surface area contributed by atoms with E-state index < -0.39 is 5.92 Å². The third-order valence-electron chi connectivity index (χ3n) is 5.49. The summed E-state index contributed by atoms with van der Waals surface area (Å²) in [7, 11) is 1.79. The van der Waals surface area contributed by atoms with Crippen LogP contribution in [0.2, 0.25) is 0 Å². The van der Waals surface area contributed by atoms with Crippen molar-refractivity contribution in [2.24, 2.45) is 0 Å². The Morgan fingerprint density at radius 1 is 1.10 bits per heavy atom. The van der Waals surface area contributed by atoms with Crippen molar-refractivity contribution in [1.29, 1.82) is 0 Å². The first kappa shape index (κ1) is 19.4. The van der Waals surface area contributed by atoms with Crippen LogP contribution in [-0.2, 0) is 11.2 Å². The fraction of sp³-hybridized carbons (Fsp3) is 0.250. The Morgan fingerprint density at radius 3 is 2.69 bits per heavy atom. The van der Waals surface area contributed by atoms with Crippen molar-refractivity contribution in [2.45, 2.75) is 25.3 Å². The number of carbonyl (C=O) groups excluding carboxylic acids is 2. The lowest BCUT2D eigenvalue weighted by atomic mass is 9.81. The Balaban J connectivity index is 1.60. The third kappa shape index (κ3) is 3.83. The predicted octanol–water partition coefficient (Wildman–Crippen LogP) is 4.33. The number of carbonyl (C=O) groups is 2. The highest BCUT2D eigenvalue weighted by Crippen LogP contribution is 2.43. The summed E-state index contributed by atoms with van der Waals surface area (Å²) >= 11 is 1.58. The van der Waals surface area contributed by atoms with E-state index in [1.165, 1.54) is 11.1 Å². The Hall–Kier alpha value is -2.92. The monoisotopic (exact) mass is 404 g/mol. The summed E-state index contributed by atoms with van der Waals surface area (Å²) in [5.74, 6) is -0.504. The molecule has 2 heterocycles. The fourth-order valence-corrected chi connectivity index (χ4v) is 4.98. The molecular weight excluding hydrogens is 380 g/mol. The zero-order valence-electron chi connectivity index (χ0n) is 16.6. The number of benzene rings is 2. The summed E-state index contributed by atoms with van der Waals surface area (Å²) in [5, 5.41) is 5.10. The van der Waals surface area contributed by atoms with Gasteiger partial charge in [-0.3, -0.25) is 9.59 Å². The standard InChI is InChI=1S/C24H24N2O2S/c1-16-7-5-8-17(15-16)12-13-25-23(27)21-18-9-3-4-10-19(18)24(28)26(2)22(21)20-11-6-14-29-20/h3-11,14-15,21-22H,12-13H2,1-2H3,(H,25,27)/t21-,22+/m1/s1. The minimum Gasteiger partial charge on any atom is -0.355 e. The summed E-state index contributed by atoms with van der Waals surface area (Å²) in [6, 6.07) is 19.5. The van der Waals surface area contributed by atoms with E-state index in [0.717, 1.165) is 16.9 Å². The van der Waals surface area contributed by atoms with Crippen molar-refractivity contribution in [2.75, 3.05) is 13.6 Å². The van der Waals surface area contributed by atoms with Crippen LogP contribution in [0, 0.1) is 6.92 Å². The van der Waals surface area contributed by atoms with E-state index in [-0.39, 0.29) is 17.9 Å². The van der Waals surface area contributed by atoms with Gasteiger partial charge < -0.3 is 10.2 Å². The molecule has 1 aliphatic heterocycles. The molecule has 0 radical (unpaired) electrons. The minimum absolute atomic E-state index is 0.0390. The second-order valence-electron chi connectivity index (χ2n) is 7.47. The first-order valence-electron chi connectivity index (χ1n) is 9.79. The molecule has 5 heteroatoms. The van der Waals surface area contributed by atoms with Gasteiger partial charge in [-0.05, 0) is 42.0 Å². The summed E-state index contributed by atoms with van der Waals surface area (Å²) in [6.45, 7) is 2.63. The summed E-state index contributed by atoms with van der Waals surface area (Å²) < 4.78 is 0. The molecular formula is C24H24N2O2S. The minimum atomic E-state index is -0.426. The number of likely N-dealkylation sites (N-methyl/N-ethyl adjacent to an activating group) is 1. The molecule has 29 heavy (non-hydrogen) atoms. The zero-order valence-corrected chi connectivity index (χ0v) is 17.4. The maximum atomic E-state index is 13.3. The first-order chi connectivity index (χ1) is 14.1. The average Bonchev–Trinajstić information content (AvgIpc) is 3.25. The molecule has 2 amide bonds. The Kier molecular flexibility index (Phi) is 5.49. The lowest BCUT2D eigenvalue weighted by molar-refractivity contribution is -0.124. The quantitative estimate of drug-likeness (QED) is 0.688. The lowest BCUT2D eigenvalue weighted by Gasteiger charge is -2.39. The maximum absolute atomic E-state index is 13.3.